The molecular weight excluding hydrogens is 259 g/mol. The number of alkyl halides is 1. The minimum absolute atomic E-state index is 0.0750. The summed E-state index contributed by atoms with van der Waals surface area (Å²) >= 11 is 0. The van der Waals surface area contributed by atoms with E-state index in [2.05, 4.69) is 11.4 Å². The first-order valence-electron chi connectivity index (χ1n) is 7.62. The molecule has 1 aliphatic heterocycles. The molecule has 0 spiro atoms. The molecule has 2 rings (SSSR count). The maximum absolute atomic E-state index is 13.3. The summed E-state index contributed by atoms with van der Waals surface area (Å²) in [5.74, 6) is -0.0750. The van der Waals surface area contributed by atoms with Crippen molar-refractivity contribution in [1.29, 1.82) is 0 Å². The summed E-state index contributed by atoms with van der Waals surface area (Å²) in [7, 11) is 0. The van der Waals surface area contributed by atoms with E-state index in [1.165, 1.54) is 18.4 Å². The molecule has 2 aliphatic rings. The molecule has 1 saturated heterocycles. The number of amides is 1. The molecule has 20 heavy (non-hydrogen) atoms. The summed E-state index contributed by atoms with van der Waals surface area (Å²) in [5, 5.41) is 12.1. The van der Waals surface area contributed by atoms with Gasteiger partial charge in [-0.2, -0.15) is 0 Å². The van der Waals surface area contributed by atoms with Crippen molar-refractivity contribution < 1.29 is 14.3 Å². The molecule has 1 aliphatic carbocycles. The quantitative estimate of drug-likeness (QED) is 0.725. The van der Waals surface area contributed by atoms with Crippen LogP contribution in [0.1, 0.15) is 38.5 Å². The van der Waals surface area contributed by atoms with Gasteiger partial charge in [0.2, 0.25) is 5.91 Å². The number of hydrogen-bond donors (Lipinski definition) is 2. The van der Waals surface area contributed by atoms with Gasteiger partial charge in [-0.15, -0.1) is 0 Å². The Morgan fingerprint density at radius 1 is 1.50 bits per heavy atom. The van der Waals surface area contributed by atoms with Gasteiger partial charge in [-0.25, -0.2) is 4.39 Å². The van der Waals surface area contributed by atoms with Gasteiger partial charge in [0.15, 0.2) is 0 Å². The van der Waals surface area contributed by atoms with Crippen molar-refractivity contribution in [3.8, 4) is 0 Å². The first kappa shape index (κ1) is 15.4. The smallest absolute Gasteiger partial charge is 0.234 e. The zero-order valence-corrected chi connectivity index (χ0v) is 12.0. The number of hydrogen-bond acceptors (Lipinski definition) is 3. The second kappa shape index (κ2) is 7.74. The van der Waals surface area contributed by atoms with E-state index in [1.54, 1.807) is 4.90 Å². The number of rotatable bonds is 6. The molecular formula is C15H25FN2O2. The molecule has 0 aromatic rings. The highest BCUT2D eigenvalue weighted by Crippen LogP contribution is 2.20. The zero-order valence-electron chi connectivity index (χ0n) is 12.0. The highest BCUT2D eigenvalue weighted by molar-refractivity contribution is 5.78. The largest absolute Gasteiger partial charge is 0.395 e. The number of carbonyl (C=O) groups excluding carboxylic acids is 1. The van der Waals surface area contributed by atoms with Gasteiger partial charge in [-0.05, 0) is 38.5 Å². The van der Waals surface area contributed by atoms with Crippen molar-refractivity contribution in [2.45, 2.75) is 50.7 Å². The first-order chi connectivity index (χ1) is 9.69. The fraction of sp³-hybridized carbons (Fsp3) is 0.800. The maximum Gasteiger partial charge on any atom is 0.234 e. The number of nitrogens with one attached hydrogen (secondary N) is 1. The number of aliphatic hydroxyl groups is 1. The Hall–Kier alpha value is -0.940. The van der Waals surface area contributed by atoms with Gasteiger partial charge in [0.25, 0.3) is 0 Å². The number of halogens is 1. The van der Waals surface area contributed by atoms with Crippen molar-refractivity contribution in [1.82, 2.24) is 10.2 Å². The molecule has 1 fully saturated rings. The van der Waals surface area contributed by atoms with Crippen LogP contribution in [0.15, 0.2) is 11.6 Å². The van der Waals surface area contributed by atoms with Crippen LogP contribution < -0.4 is 5.32 Å². The minimum atomic E-state index is -0.924. The van der Waals surface area contributed by atoms with Gasteiger partial charge < -0.3 is 10.4 Å². The molecule has 1 heterocycles. The molecule has 2 N–H and O–H groups in total. The molecule has 0 radical (unpaired) electrons. The monoisotopic (exact) mass is 284 g/mol. The molecule has 0 bridgehead atoms. The first-order valence-corrected chi connectivity index (χ1v) is 7.62. The predicted octanol–water partition coefficient (Wildman–Crippen LogP) is 1.40. The summed E-state index contributed by atoms with van der Waals surface area (Å²) in [6.07, 6.45) is 7.45. The lowest BCUT2D eigenvalue weighted by Gasteiger charge is -2.21. The van der Waals surface area contributed by atoms with E-state index in [4.69, 9.17) is 5.11 Å². The van der Waals surface area contributed by atoms with Gasteiger partial charge in [-0.1, -0.05) is 11.6 Å². The Labute approximate surface area is 120 Å². The summed E-state index contributed by atoms with van der Waals surface area (Å²) in [6.45, 7) is 1.01. The van der Waals surface area contributed by atoms with Gasteiger partial charge in [0.1, 0.15) is 6.17 Å². The van der Waals surface area contributed by atoms with Crippen LogP contribution in [0.5, 0.6) is 0 Å². The molecule has 114 valence electrons. The fourth-order valence-corrected chi connectivity index (χ4v) is 3.04. The van der Waals surface area contributed by atoms with Crippen molar-refractivity contribution >= 4 is 5.91 Å². The molecule has 0 aromatic heterocycles. The standard InChI is InChI=1S/C15H25FN2O2/c16-13-8-14(11-19)18(9-13)10-15(20)17-7-6-12-4-2-1-3-5-12/h4,13-14,19H,1-3,5-11H2,(H,17,20)/t13-,14-/m0/s1. The highest BCUT2D eigenvalue weighted by Gasteiger charge is 2.32. The summed E-state index contributed by atoms with van der Waals surface area (Å²) in [4.78, 5) is 13.6. The van der Waals surface area contributed by atoms with Crippen LogP contribution in [0.4, 0.5) is 4.39 Å². The van der Waals surface area contributed by atoms with Gasteiger partial charge in [0, 0.05) is 19.1 Å². The molecule has 2 atom stereocenters. The number of aliphatic hydroxyl groups excluding tert-OH is 1. The molecule has 4 nitrogen and oxygen atoms in total. The molecule has 5 heteroatoms. The maximum atomic E-state index is 13.3. The second-order valence-electron chi connectivity index (χ2n) is 5.81. The van der Waals surface area contributed by atoms with E-state index in [1.807, 2.05) is 0 Å². The average molecular weight is 284 g/mol. The third-order valence-corrected chi connectivity index (χ3v) is 4.19. The summed E-state index contributed by atoms with van der Waals surface area (Å²) < 4.78 is 13.3. The Kier molecular flexibility index (Phi) is 5.98. The SMILES string of the molecule is O=C(CN1C[C@@H](F)C[C@H]1CO)NCCC1=CCCCC1. The van der Waals surface area contributed by atoms with E-state index in [-0.39, 0.29) is 31.6 Å². The number of allylic oxidation sites excluding steroid dienone is 1. The predicted molar refractivity (Wildman–Crippen MR) is 76.1 cm³/mol. The number of likely N-dealkylation sites (tertiary alicyclic amines) is 1. The van der Waals surface area contributed by atoms with Crippen LogP contribution in [0, 0.1) is 0 Å². The average Bonchev–Trinajstić information content (AvgIpc) is 2.80. The van der Waals surface area contributed by atoms with Gasteiger partial charge in [-0.3, -0.25) is 9.69 Å². The lowest BCUT2D eigenvalue weighted by atomic mass is 9.97. The van der Waals surface area contributed by atoms with E-state index in [9.17, 15) is 9.18 Å². The van der Waals surface area contributed by atoms with Crippen LogP contribution in [-0.2, 0) is 4.79 Å². The normalized spacial score (nSPS) is 27.4. The van der Waals surface area contributed by atoms with Crippen LogP contribution in [0.25, 0.3) is 0 Å². The van der Waals surface area contributed by atoms with Crippen molar-refractivity contribution in [3.05, 3.63) is 11.6 Å². The number of nitrogens with zero attached hydrogens (tertiary/aromatic N) is 1. The topological polar surface area (TPSA) is 52.6 Å². The van der Waals surface area contributed by atoms with E-state index < -0.39 is 6.17 Å². The molecule has 0 saturated carbocycles. The van der Waals surface area contributed by atoms with Gasteiger partial charge in [0.05, 0.1) is 13.2 Å². The van der Waals surface area contributed by atoms with Crippen molar-refractivity contribution in [3.63, 3.8) is 0 Å². The van der Waals surface area contributed by atoms with Crippen LogP contribution in [-0.4, -0.2) is 54.4 Å². The van der Waals surface area contributed by atoms with Crippen LogP contribution in [0.2, 0.25) is 0 Å². The molecule has 1 amide bonds. The van der Waals surface area contributed by atoms with Crippen molar-refractivity contribution in [2.24, 2.45) is 0 Å². The third kappa shape index (κ3) is 4.56. The second-order valence-corrected chi connectivity index (χ2v) is 5.81. The zero-order chi connectivity index (χ0) is 14.4. The Bertz CT molecular complexity index is 360. The Morgan fingerprint density at radius 3 is 3.05 bits per heavy atom. The Balaban J connectivity index is 1.66. The highest BCUT2D eigenvalue weighted by atomic mass is 19.1. The molecule has 0 unspecified atom stereocenters. The van der Waals surface area contributed by atoms with Crippen molar-refractivity contribution in [2.75, 3.05) is 26.2 Å². The summed E-state index contributed by atoms with van der Waals surface area (Å²) in [5.41, 5.74) is 1.44. The van der Waals surface area contributed by atoms with Crippen LogP contribution >= 0.6 is 0 Å². The van der Waals surface area contributed by atoms with E-state index in [0.29, 0.717) is 13.0 Å². The lowest BCUT2D eigenvalue weighted by molar-refractivity contribution is -0.122. The number of carbonyl (C=O) groups is 1. The van der Waals surface area contributed by atoms with E-state index in [0.717, 1.165) is 19.3 Å². The lowest BCUT2D eigenvalue weighted by Crippen LogP contribution is -2.41. The van der Waals surface area contributed by atoms with E-state index >= 15 is 0 Å². The molecule has 0 aromatic carbocycles. The minimum Gasteiger partial charge on any atom is -0.395 e. The summed E-state index contributed by atoms with van der Waals surface area (Å²) in [6, 6.07) is -0.211. The van der Waals surface area contributed by atoms with Crippen LogP contribution in [0.3, 0.4) is 0 Å². The third-order valence-electron chi connectivity index (χ3n) is 4.19. The van der Waals surface area contributed by atoms with Gasteiger partial charge >= 0.3 is 0 Å². The Morgan fingerprint density at radius 2 is 2.35 bits per heavy atom. The fourth-order valence-electron chi connectivity index (χ4n) is 3.04.